The lowest BCUT2D eigenvalue weighted by molar-refractivity contribution is -0.00445. The molecule has 1 fully saturated rings. The van der Waals surface area contributed by atoms with Gasteiger partial charge in [-0.2, -0.15) is 0 Å². The summed E-state index contributed by atoms with van der Waals surface area (Å²) in [5, 5.41) is 0. The summed E-state index contributed by atoms with van der Waals surface area (Å²) in [5.74, 6) is 0. The van der Waals surface area contributed by atoms with Gasteiger partial charge in [-0.05, 0) is 19.8 Å². The molecule has 3 nitrogen and oxygen atoms in total. The first-order chi connectivity index (χ1) is 6.84. The summed E-state index contributed by atoms with van der Waals surface area (Å²) in [6.45, 7) is 10.2. The fraction of sp³-hybridized carbons (Fsp3) is 1.00. The third kappa shape index (κ3) is 4.40. The van der Waals surface area contributed by atoms with Gasteiger partial charge in [0.15, 0.2) is 0 Å². The van der Waals surface area contributed by atoms with Crippen LogP contribution in [0.15, 0.2) is 0 Å². The SMILES string of the molecule is CCCOCCCN1CCOCC1C. The molecular weight excluding hydrogens is 178 g/mol. The first kappa shape index (κ1) is 12.0. The van der Waals surface area contributed by atoms with Crippen molar-refractivity contribution < 1.29 is 9.47 Å². The largest absolute Gasteiger partial charge is 0.381 e. The van der Waals surface area contributed by atoms with Crippen molar-refractivity contribution in [3.05, 3.63) is 0 Å². The molecule has 1 aliphatic rings. The molecule has 14 heavy (non-hydrogen) atoms. The van der Waals surface area contributed by atoms with Gasteiger partial charge in [-0.1, -0.05) is 6.92 Å². The van der Waals surface area contributed by atoms with Crippen molar-refractivity contribution in [1.29, 1.82) is 0 Å². The maximum atomic E-state index is 5.45. The Morgan fingerprint density at radius 3 is 3.00 bits per heavy atom. The smallest absolute Gasteiger partial charge is 0.0619 e. The van der Waals surface area contributed by atoms with Gasteiger partial charge in [0.1, 0.15) is 0 Å². The van der Waals surface area contributed by atoms with Crippen LogP contribution in [-0.2, 0) is 9.47 Å². The third-order valence-corrected chi connectivity index (χ3v) is 2.59. The van der Waals surface area contributed by atoms with Crippen LogP contribution in [0.2, 0.25) is 0 Å². The molecule has 1 unspecified atom stereocenters. The first-order valence-electron chi connectivity index (χ1n) is 5.74. The second kappa shape index (κ2) is 7.21. The highest BCUT2D eigenvalue weighted by Gasteiger charge is 2.17. The molecule has 0 aromatic rings. The van der Waals surface area contributed by atoms with E-state index in [-0.39, 0.29) is 0 Å². The third-order valence-electron chi connectivity index (χ3n) is 2.59. The fourth-order valence-electron chi connectivity index (χ4n) is 1.71. The Hall–Kier alpha value is -0.120. The highest BCUT2D eigenvalue weighted by atomic mass is 16.5. The number of hydrogen-bond donors (Lipinski definition) is 0. The predicted octanol–water partition coefficient (Wildman–Crippen LogP) is 1.52. The summed E-state index contributed by atoms with van der Waals surface area (Å²) < 4.78 is 10.8. The molecule has 0 N–H and O–H groups in total. The molecule has 3 heteroatoms. The van der Waals surface area contributed by atoms with E-state index in [9.17, 15) is 0 Å². The monoisotopic (exact) mass is 201 g/mol. The molecule has 0 spiro atoms. The molecule has 0 bridgehead atoms. The number of hydrogen-bond acceptors (Lipinski definition) is 3. The Labute approximate surface area is 87.4 Å². The molecule has 0 amide bonds. The topological polar surface area (TPSA) is 21.7 Å². The van der Waals surface area contributed by atoms with Crippen molar-refractivity contribution in [3.63, 3.8) is 0 Å². The van der Waals surface area contributed by atoms with Crippen molar-refractivity contribution >= 4 is 0 Å². The summed E-state index contributed by atoms with van der Waals surface area (Å²) >= 11 is 0. The van der Waals surface area contributed by atoms with Gasteiger partial charge in [0.05, 0.1) is 13.2 Å². The van der Waals surface area contributed by atoms with E-state index in [4.69, 9.17) is 9.47 Å². The average Bonchev–Trinajstić information content (AvgIpc) is 2.20. The first-order valence-corrected chi connectivity index (χ1v) is 5.74. The molecule has 0 saturated carbocycles. The van der Waals surface area contributed by atoms with Crippen LogP contribution in [0.5, 0.6) is 0 Å². The molecular formula is C11H23NO2. The normalized spacial score (nSPS) is 24.0. The average molecular weight is 201 g/mol. The molecule has 0 aromatic carbocycles. The number of nitrogens with zero attached hydrogens (tertiary/aromatic N) is 1. The molecule has 1 saturated heterocycles. The Kier molecular flexibility index (Phi) is 6.15. The van der Waals surface area contributed by atoms with Crippen LogP contribution < -0.4 is 0 Å². The number of ether oxygens (including phenoxy) is 2. The molecule has 1 atom stereocenters. The van der Waals surface area contributed by atoms with Crippen LogP contribution in [-0.4, -0.2) is 50.5 Å². The van der Waals surface area contributed by atoms with E-state index in [1.54, 1.807) is 0 Å². The Bertz CT molecular complexity index is 141. The molecule has 1 aliphatic heterocycles. The van der Waals surface area contributed by atoms with Crippen LogP contribution in [0.3, 0.4) is 0 Å². The van der Waals surface area contributed by atoms with Crippen LogP contribution in [0.25, 0.3) is 0 Å². The minimum atomic E-state index is 0.579. The molecule has 0 radical (unpaired) electrons. The summed E-state index contributed by atoms with van der Waals surface area (Å²) in [6, 6.07) is 0.579. The molecule has 1 heterocycles. The molecule has 84 valence electrons. The van der Waals surface area contributed by atoms with E-state index in [2.05, 4.69) is 18.7 Å². The zero-order valence-corrected chi connectivity index (χ0v) is 9.50. The Morgan fingerprint density at radius 2 is 2.29 bits per heavy atom. The van der Waals surface area contributed by atoms with Crippen molar-refractivity contribution in [2.75, 3.05) is 39.5 Å². The fourth-order valence-corrected chi connectivity index (χ4v) is 1.71. The zero-order valence-electron chi connectivity index (χ0n) is 9.50. The minimum Gasteiger partial charge on any atom is -0.381 e. The lowest BCUT2D eigenvalue weighted by Gasteiger charge is -2.33. The van der Waals surface area contributed by atoms with E-state index in [0.717, 1.165) is 52.4 Å². The second-order valence-electron chi connectivity index (χ2n) is 3.93. The van der Waals surface area contributed by atoms with E-state index in [1.807, 2.05) is 0 Å². The van der Waals surface area contributed by atoms with Gasteiger partial charge in [0.25, 0.3) is 0 Å². The summed E-state index contributed by atoms with van der Waals surface area (Å²) in [5.41, 5.74) is 0. The van der Waals surface area contributed by atoms with Gasteiger partial charge >= 0.3 is 0 Å². The quantitative estimate of drug-likeness (QED) is 0.608. The van der Waals surface area contributed by atoms with E-state index >= 15 is 0 Å². The van der Waals surface area contributed by atoms with Gasteiger partial charge in [0.2, 0.25) is 0 Å². The lowest BCUT2D eigenvalue weighted by Crippen LogP contribution is -2.44. The zero-order chi connectivity index (χ0) is 10.2. The molecule has 0 aliphatic carbocycles. The minimum absolute atomic E-state index is 0.579. The lowest BCUT2D eigenvalue weighted by atomic mass is 10.2. The van der Waals surface area contributed by atoms with Crippen molar-refractivity contribution in [2.45, 2.75) is 32.7 Å². The summed E-state index contributed by atoms with van der Waals surface area (Å²) in [7, 11) is 0. The van der Waals surface area contributed by atoms with Crippen LogP contribution in [0, 0.1) is 0 Å². The van der Waals surface area contributed by atoms with Crippen LogP contribution >= 0.6 is 0 Å². The van der Waals surface area contributed by atoms with E-state index in [1.165, 1.54) is 0 Å². The number of rotatable bonds is 6. The summed E-state index contributed by atoms with van der Waals surface area (Å²) in [6.07, 6.45) is 2.26. The van der Waals surface area contributed by atoms with Crippen molar-refractivity contribution in [2.24, 2.45) is 0 Å². The van der Waals surface area contributed by atoms with Crippen LogP contribution in [0.4, 0.5) is 0 Å². The van der Waals surface area contributed by atoms with Crippen molar-refractivity contribution in [3.8, 4) is 0 Å². The van der Waals surface area contributed by atoms with Gasteiger partial charge in [-0.3, -0.25) is 4.90 Å². The predicted molar refractivity (Wildman–Crippen MR) is 57.6 cm³/mol. The highest BCUT2D eigenvalue weighted by Crippen LogP contribution is 2.06. The Morgan fingerprint density at radius 1 is 1.43 bits per heavy atom. The molecule has 1 rings (SSSR count). The van der Waals surface area contributed by atoms with Crippen LogP contribution in [0.1, 0.15) is 26.7 Å². The van der Waals surface area contributed by atoms with E-state index in [0.29, 0.717) is 6.04 Å². The maximum absolute atomic E-state index is 5.45. The van der Waals surface area contributed by atoms with Gasteiger partial charge in [-0.15, -0.1) is 0 Å². The van der Waals surface area contributed by atoms with Gasteiger partial charge < -0.3 is 9.47 Å². The highest BCUT2D eigenvalue weighted by molar-refractivity contribution is 4.70. The van der Waals surface area contributed by atoms with Gasteiger partial charge in [-0.25, -0.2) is 0 Å². The van der Waals surface area contributed by atoms with Crippen molar-refractivity contribution in [1.82, 2.24) is 4.90 Å². The van der Waals surface area contributed by atoms with E-state index < -0.39 is 0 Å². The Balaban J connectivity index is 1.99. The number of morpholine rings is 1. The standard InChI is InChI=1S/C11H23NO2/c1-3-7-13-8-4-5-12-6-9-14-10-11(12)2/h11H,3-10H2,1-2H3. The summed E-state index contributed by atoms with van der Waals surface area (Å²) in [4.78, 5) is 2.48. The van der Waals surface area contributed by atoms with Gasteiger partial charge in [0, 0.05) is 32.3 Å². The second-order valence-corrected chi connectivity index (χ2v) is 3.93. The molecule has 0 aromatic heterocycles. The maximum Gasteiger partial charge on any atom is 0.0619 e.